The van der Waals surface area contributed by atoms with Gasteiger partial charge >= 0.3 is 0 Å². The highest BCUT2D eigenvalue weighted by atomic mass is 16.5. The van der Waals surface area contributed by atoms with Crippen molar-refractivity contribution in [2.75, 3.05) is 38.2 Å². The lowest BCUT2D eigenvalue weighted by atomic mass is 10.2. The summed E-state index contributed by atoms with van der Waals surface area (Å²) >= 11 is 0. The Morgan fingerprint density at radius 1 is 1.08 bits per heavy atom. The summed E-state index contributed by atoms with van der Waals surface area (Å²) in [5.74, 6) is 1.57. The summed E-state index contributed by atoms with van der Waals surface area (Å²) in [6.07, 6.45) is 0. The summed E-state index contributed by atoms with van der Waals surface area (Å²) in [7, 11) is 0. The second-order valence-corrected chi connectivity index (χ2v) is 6.26. The van der Waals surface area contributed by atoms with Crippen LogP contribution in [0.4, 0.5) is 5.82 Å². The second kappa shape index (κ2) is 7.16. The zero-order valence-electron chi connectivity index (χ0n) is 14.3. The SMILES string of the molecule is C[C@H](CNc1ccc2nnc(-c3ccccc3)n2n1)N1CCOCC1. The summed E-state index contributed by atoms with van der Waals surface area (Å²) in [4.78, 5) is 2.43. The van der Waals surface area contributed by atoms with Crippen molar-refractivity contribution in [1.29, 1.82) is 0 Å². The maximum atomic E-state index is 5.42. The van der Waals surface area contributed by atoms with Crippen LogP contribution in [0, 0.1) is 0 Å². The zero-order chi connectivity index (χ0) is 17.1. The first-order valence-electron chi connectivity index (χ1n) is 8.65. The molecule has 7 nitrogen and oxygen atoms in total. The average molecular weight is 338 g/mol. The fourth-order valence-electron chi connectivity index (χ4n) is 3.05. The minimum Gasteiger partial charge on any atom is -0.379 e. The molecule has 0 aliphatic carbocycles. The van der Waals surface area contributed by atoms with Gasteiger partial charge in [0.05, 0.1) is 13.2 Å². The number of rotatable bonds is 5. The highest BCUT2D eigenvalue weighted by molar-refractivity contribution is 5.59. The van der Waals surface area contributed by atoms with E-state index in [0.29, 0.717) is 6.04 Å². The first-order chi connectivity index (χ1) is 12.3. The number of anilines is 1. The second-order valence-electron chi connectivity index (χ2n) is 6.26. The van der Waals surface area contributed by atoms with Gasteiger partial charge in [0.2, 0.25) is 0 Å². The first kappa shape index (κ1) is 16.0. The predicted octanol–water partition coefficient (Wildman–Crippen LogP) is 1.92. The van der Waals surface area contributed by atoms with E-state index in [4.69, 9.17) is 4.74 Å². The molecule has 0 bridgehead atoms. The molecule has 1 saturated heterocycles. The van der Waals surface area contributed by atoms with E-state index in [0.717, 1.165) is 55.7 Å². The van der Waals surface area contributed by atoms with Crippen LogP contribution in [-0.4, -0.2) is 63.6 Å². The number of nitrogens with one attached hydrogen (secondary N) is 1. The van der Waals surface area contributed by atoms with Gasteiger partial charge in [0, 0.05) is 31.2 Å². The molecule has 1 aliphatic heterocycles. The van der Waals surface area contributed by atoms with Gasteiger partial charge in [-0.1, -0.05) is 30.3 Å². The van der Waals surface area contributed by atoms with Crippen molar-refractivity contribution >= 4 is 11.5 Å². The van der Waals surface area contributed by atoms with Gasteiger partial charge in [-0.3, -0.25) is 4.90 Å². The third-order valence-corrected chi connectivity index (χ3v) is 4.54. The molecule has 3 aromatic rings. The van der Waals surface area contributed by atoms with Gasteiger partial charge in [-0.2, -0.15) is 4.52 Å². The standard InChI is InChI=1S/C18H22N6O/c1-14(23-9-11-25-12-10-23)13-19-16-7-8-17-20-21-18(24(17)22-16)15-5-3-2-4-6-15/h2-8,14H,9-13H2,1H3,(H,19,22)/t14-/m1/s1. The summed E-state index contributed by atoms with van der Waals surface area (Å²) in [5, 5.41) is 16.6. The Kier molecular flexibility index (Phi) is 4.58. The Hall–Kier alpha value is -2.51. The first-order valence-corrected chi connectivity index (χ1v) is 8.65. The van der Waals surface area contributed by atoms with E-state index >= 15 is 0 Å². The predicted molar refractivity (Wildman–Crippen MR) is 96.6 cm³/mol. The van der Waals surface area contributed by atoms with Crippen molar-refractivity contribution in [3.05, 3.63) is 42.5 Å². The lowest BCUT2D eigenvalue weighted by molar-refractivity contribution is 0.0227. The molecule has 7 heteroatoms. The number of hydrogen-bond acceptors (Lipinski definition) is 6. The Bertz CT molecular complexity index is 828. The maximum Gasteiger partial charge on any atom is 0.185 e. The van der Waals surface area contributed by atoms with Crippen LogP contribution in [0.1, 0.15) is 6.92 Å². The molecular weight excluding hydrogens is 316 g/mol. The Morgan fingerprint density at radius 3 is 2.68 bits per heavy atom. The summed E-state index contributed by atoms with van der Waals surface area (Å²) in [5.41, 5.74) is 1.74. The number of morpholine rings is 1. The summed E-state index contributed by atoms with van der Waals surface area (Å²) in [6, 6.07) is 14.3. The molecule has 1 aliphatic rings. The molecule has 0 spiro atoms. The fraction of sp³-hybridized carbons (Fsp3) is 0.389. The van der Waals surface area contributed by atoms with Gasteiger partial charge in [0.15, 0.2) is 11.5 Å². The van der Waals surface area contributed by atoms with E-state index in [2.05, 4.69) is 32.4 Å². The lowest BCUT2D eigenvalue weighted by Crippen LogP contribution is -2.45. The average Bonchev–Trinajstić information content (AvgIpc) is 3.10. The number of benzene rings is 1. The van der Waals surface area contributed by atoms with Gasteiger partial charge in [0.25, 0.3) is 0 Å². The normalized spacial score (nSPS) is 16.8. The van der Waals surface area contributed by atoms with Gasteiger partial charge in [-0.15, -0.1) is 15.3 Å². The molecule has 1 atom stereocenters. The van der Waals surface area contributed by atoms with E-state index in [9.17, 15) is 0 Å². The smallest absolute Gasteiger partial charge is 0.185 e. The molecule has 4 rings (SSSR count). The van der Waals surface area contributed by atoms with Crippen molar-refractivity contribution in [3.63, 3.8) is 0 Å². The number of hydrogen-bond donors (Lipinski definition) is 1. The largest absolute Gasteiger partial charge is 0.379 e. The third-order valence-electron chi connectivity index (χ3n) is 4.54. The zero-order valence-corrected chi connectivity index (χ0v) is 14.3. The lowest BCUT2D eigenvalue weighted by Gasteiger charge is -2.32. The van der Waals surface area contributed by atoms with E-state index in [1.165, 1.54) is 0 Å². The van der Waals surface area contributed by atoms with Gasteiger partial charge < -0.3 is 10.1 Å². The van der Waals surface area contributed by atoms with Crippen molar-refractivity contribution in [3.8, 4) is 11.4 Å². The van der Waals surface area contributed by atoms with Gasteiger partial charge in [0.1, 0.15) is 5.82 Å². The minimum absolute atomic E-state index is 0.427. The Morgan fingerprint density at radius 2 is 1.88 bits per heavy atom. The molecule has 2 aromatic heterocycles. The molecule has 130 valence electrons. The number of aromatic nitrogens is 4. The minimum atomic E-state index is 0.427. The van der Waals surface area contributed by atoms with Crippen LogP contribution in [0.15, 0.2) is 42.5 Å². The monoisotopic (exact) mass is 338 g/mol. The van der Waals surface area contributed by atoms with Crippen LogP contribution in [0.5, 0.6) is 0 Å². The van der Waals surface area contributed by atoms with Gasteiger partial charge in [-0.25, -0.2) is 0 Å². The molecule has 1 N–H and O–H groups in total. The van der Waals surface area contributed by atoms with Crippen molar-refractivity contribution in [2.24, 2.45) is 0 Å². The topological polar surface area (TPSA) is 67.6 Å². The van der Waals surface area contributed by atoms with Crippen molar-refractivity contribution in [1.82, 2.24) is 24.7 Å². The highest BCUT2D eigenvalue weighted by Crippen LogP contribution is 2.18. The highest BCUT2D eigenvalue weighted by Gasteiger charge is 2.17. The molecule has 0 unspecified atom stereocenters. The maximum absolute atomic E-state index is 5.42. The van der Waals surface area contributed by atoms with Crippen LogP contribution < -0.4 is 5.32 Å². The van der Waals surface area contributed by atoms with E-state index in [1.807, 2.05) is 42.5 Å². The van der Waals surface area contributed by atoms with Crippen LogP contribution in [0.2, 0.25) is 0 Å². The third kappa shape index (κ3) is 3.47. The van der Waals surface area contributed by atoms with Crippen LogP contribution in [-0.2, 0) is 4.74 Å². The summed E-state index contributed by atoms with van der Waals surface area (Å²) < 4.78 is 7.20. The molecule has 1 fully saturated rings. The van der Waals surface area contributed by atoms with E-state index in [-0.39, 0.29) is 0 Å². The molecule has 0 amide bonds. The Balaban J connectivity index is 1.50. The van der Waals surface area contributed by atoms with Crippen LogP contribution in [0.3, 0.4) is 0 Å². The van der Waals surface area contributed by atoms with Crippen molar-refractivity contribution in [2.45, 2.75) is 13.0 Å². The number of ether oxygens (including phenoxy) is 1. The summed E-state index contributed by atoms with van der Waals surface area (Å²) in [6.45, 7) is 6.66. The van der Waals surface area contributed by atoms with E-state index < -0.39 is 0 Å². The van der Waals surface area contributed by atoms with Crippen LogP contribution >= 0.6 is 0 Å². The van der Waals surface area contributed by atoms with Crippen LogP contribution in [0.25, 0.3) is 17.0 Å². The molecule has 3 heterocycles. The van der Waals surface area contributed by atoms with Crippen molar-refractivity contribution < 1.29 is 4.74 Å². The Labute approximate surface area is 146 Å². The fourth-order valence-corrected chi connectivity index (χ4v) is 3.05. The molecule has 25 heavy (non-hydrogen) atoms. The molecule has 1 aromatic carbocycles. The molecule has 0 radical (unpaired) electrons. The van der Waals surface area contributed by atoms with E-state index in [1.54, 1.807) is 4.52 Å². The molecule has 0 saturated carbocycles. The number of nitrogens with zero attached hydrogens (tertiary/aromatic N) is 5. The molecular formula is C18H22N6O. The quantitative estimate of drug-likeness (QED) is 0.767. The number of fused-ring (bicyclic) bond motifs is 1. The van der Waals surface area contributed by atoms with Gasteiger partial charge in [-0.05, 0) is 19.1 Å².